The Morgan fingerprint density at radius 2 is 0.809 bits per heavy atom. The van der Waals surface area contributed by atoms with Crippen LogP contribution in [0.25, 0.3) is 66.2 Å². The third-order valence-electron chi connectivity index (χ3n) is 8.65. The second-order valence-corrected chi connectivity index (χ2v) is 12.9. The van der Waals surface area contributed by atoms with Crippen molar-refractivity contribution in [3.8, 4) is 20.9 Å². The van der Waals surface area contributed by atoms with Gasteiger partial charge in [0.05, 0.1) is 0 Å². The van der Waals surface area contributed by atoms with Gasteiger partial charge in [-0.25, -0.2) is 0 Å². The van der Waals surface area contributed by atoms with E-state index in [4.69, 9.17) is 0 Å². The Hall–Kier alpha value is -5.76. The van der Waals surface area contributed by atoms with Gasteiger partial charge in [0.1, 0.15) is 0 Å². The van der Waals surface area contributed by atoms with Crippen LogP contribution in [0.5, 0.6) is 0 Å². The number of fused-ring (bicyclic) bond motifs is 2. The molecule has 0 radical (unpaired) electrons. The van der Waals surface area contributed by atoms with Gasteiger partial charge in [-0.2, -0.15) is 0 Å². The summed E-state index contributed by atoms with van der Waals surface area (Å²) in [5.74, 6) is 0. The zero-order valence-corrected chi connectivity index (χ0v) is 26.7. The Morgan fingerprint density at radius 3 is 1.38 bits per heavy atom. The lowest BCUT2D eigenvalue weighted by Crippen LogP contribution is -1.88. The molecule has 0 saturated carbocycles. The maximum absolute atomic E-state index is 2.30. The van der Waals surface area contributed by atoms with Gasteiger partial charge in [0.25, 0.3) is 0 Å². The minimum atomic E-state index is 1.19. The van der Waals surface area contributed by atoms with E-state index in [1.807, 2.05) is 11.3 Å². The summed E-state index contributed by atoms with van der Waals surface area (Å²) in [5, 5.41) is 4.98. The second-order valence-electron chi connectivity index (χ2n) is 11.8. The molecule has 0 aliphatic heterocycles. The van der Waals surface area contributed by atoms with E-state index < -0.39 is 0 Å². The molecule has 222 valence electrons. The van der Waals surface area contributed by atoms with E-state index in [2.05, 4.69) is 194 Å². The highest BCUT2D eigenvalue weighted by Crippen LogP contribution is 2.36. The van der Waals surface area contributed by atoms with Crippen molar-refractivity contribution >= 4 is 56.7 Å². The summed E-state index contributed by atoms with van der Waals surface area (Å²) >= 11 is 1.84. The molecule has 0 spiro atoms. The molecule has 0 aliphatic rings. The molecule has 0 unspecified atom stereocenters. The second kappa shape index (κ2) is 12.9. The topological polar surface area (TPSA) is 0 Å². The summed E-state index contributed by atoms with van der Waals surface area (Å²) in [4.78, 5) is 2.59. The van der Waals surface area contributed by atoms with Gasteiger partial charge in [-0.1, -0.05) is 152 Å². The van der Waals surface area contributed by atoms with Crippen LogP contribution < -0.4 is 0 Å². The summed E-state index contributed by atoms with van der Waals surface area (Å²) in [6, 6.07) is 63.3. The molecule has 1 heteroatoms. The molecule has 7 aromatic carbocycles. The van der Waals surface area contributed by atoms with Gasteiger partial charge in [0, 0.05) is 9.75 Å². The van der Waals surface area contributed by atoms with Gasteiger partial charge in [-0.05, 0) is 109 Å². The molecule has 8 aromatic rings. The van der Waals surface area contributed by atoms with Crippen molar-refractivity contribution in [1.82, 2.24) is 0 Å². The van der Waals surface area contributed by atoms with Crippen LogP contribution in [-0.2, 0) is 0 Å². The summed E-state index contributed by atoms with van der Waals surface area (Å²) in [5.41, 5.74) is 9.77. The van der Waals surface area contributed by atoms with Gasteiger partial charge >= 0.3 is 0 Å². The lowest BCUT2D eigenvalue weighted by Gasteiger charge is -2.10. The molecular weight excluding hydrogens is 585 g/mol. The standard InChI is InChI=1S/C46H32S/c1-4-10-36(11-5-1)44(37-12-6-2-7-13-37)31-35-20-23-39-28-33(18-21-40(39)30-35)16-17-34-19-22-42-32-43(25-24-41(42)29-34)46-27-26-45(47-46)38-14-8-3-9-15-38/h1-32H/b17-16+. The quantitative estimate of drug-likeness (QED) is 0.156. The van der Waals surface area contributed by atoms with Crippen LogP contribution in [-0.4, -0.2) is 0 Å². The third kappa shape index (κ3) is 6.35. The van der Waals surface area contributed by atoms with Crippen molar-refractivity contribution in [2.75, 3.05) is 0 Å². The van der Waals surface area contributed by atoms with Gasteiger partial charge in [0.2, 0.25) is 0 Å². The molecular formula is C46H32S. The lowest BCUT2D eigenvalue weighted by molar-refractivity contribution is 1.55. The Bertz CT molecular complexity index is 2330. The largest absolute Gasteiger partial charge is 0.135 e. The minimum absolute atomic E-state index is 1.19. The molecule has 0 N–H and O–H groups in total. The number of hydrogen-bond donors (Lipinski definition) is 0. The molecule has 0 nitrogen and oxygen atoms in total. The van der Waals surface area contributed by atoms with E-state index in [0.717, 1.165) is 0 Å². The smallest absolute Gasteiger partial charge is 0.0349 e. The first-order chi connectivity index (χ1) is 23.2. The van der Waals surface area contributed by atoms with E-state index in [9.17, 15) is 0 Å². The van der Waals surface area contributed by atoms with E-state index in [1.54, 1.807) is 0 Å². The normalized spacial score (nSPS) is 11.3. The highest BCUT2D eigenvalue weighted by Gasteiger charge is 2.07. The fourth-order valence-corrected chi connectivity index (χ4v) is 7.18. The molecule has 1 heterocycles. The number of benzene rings is 7. The van der Waals surface area contributed by atoms with Crippen LogP contribution in [0, 0.1) is 0 Å². The number of hydrogen-bond acceptors (Lipinski definition) is 1. The molecule has 1 aromatic heterocycles. The Kier molecular flexibility index (Phi) is 7.89. The molecule has 0 saturated heterocycles. The summed E-state index contributed by atoms with van der Waals surface area (Å²) < 4.78 is 0. The van der Waals surface area contributed by atoms with E-state index in [-0.39, 0.29) is 0 Å². The Balaban J connectivity index is 1.02. The maximum atomic E-state index is 2.30. The van der Waals surface area contributed by atoms with Gasteiger partial charge < -0.3 is 0 Å². The van der Waals surface area contributed by atoms with Gasteiger partial charge in [-0.15, -0.1) is 11.3 Å². The molecule has 0 aliphatic carbocycles. The van der Waals surface area contributed by atoms with E-state index in [0.29, 0.717) is 0 Å². The van der Waals surface area contributed by atoms with Crippen LogP contribution in [0.2, 0.25) is 0 Å². The molecule has 8 rings (SSSR count). The monoisotopic (exact) mass is 616 g/mol. The predicted octanol–water partition coefficient (Wildman–Crippen LogP) is 13.1. The van der Waals surface area contributed by atoms with Gasteiger partial charge in [-0.3, -0.25) is 0 Å². The van der Waals surface area contributed by atoms with Crippen molar-refractivity contribution in [3.05, 3.63) is 204 Å². The first-order valence-electron chi connectivity index (χ1n) is 16.0. The zero-order valence-electron chi connectivity index (χ0n) is 25.9. The van der Waals surface area contributed by atoms with Crippen molar-refractivity contribution in [2.45, 2.75) is 0 Å². The Labute approximate surface area is 280 Å². The van der Waals surface area contributed by atoms with Crippen LogP contribution >= 0.6 is 11.3 Å². The predicted molar refractivity (Wildman–Crippen MR) is 205 cm³/mol. The number of rotatable bonds is 7. The van der Waals surface area contributed by atoms with Crippen LogP contribution in [0.15, 0.2) is 176 Å². The summed E-state index contributed by atoms with van der Waals surface area (Å²) in [7, 11) is 0. The average Bonchev–Trinajstić information content (AvgIpc) is 3.64. The number of thiophene rings is 1. The van der Waals surface area contributed by atoms with Crippen molar-refractivity contribution in [1.29, 1.82) is 0 Å². The lowest BCUT2D eigenvalue weighted by atomic mass is 9.95. The molecule has 0 fully saturated rings. The van der Waals surface area contributed by atoms with Crippen LogP contribution in [0.4, 0.5) is 0 Å². The van der Waals surface area contributed by atoms with E-state index in [1.165, 1.54) is 75.8 Å². The first kappa shape index (κ1) is 28.7. The van der Waals surface area contributed by atoms with E-state index >= 15 is 0 Å². The SMILES string of the molecule is C(=C(c1ccccc1)c1ccccc1)c1ccc2cc(/C=C/c3ccc4cc(-c5ccc(-c6ccccc6)s5)ccc4c3)ccc2c1. The summed E-state index contributed by atoms with van der Waals surface area (Å²) in [6.07, 6.45) is 6.72. The highest BCUT2D eigenvalue weighted by molar-refractivity contribution is 7.18. The Morgan fingerprint density at radius 1 is 0.362 bits per heavy atom. The van der Waals surface area contributed by atoms with Crippen LogP contribution in [0.1, 0.15) is 27.8 Å². The van der Waals surface area contributed by atoms with Gasteiger partial charge in [0.15, 0.2) is 0 Å². The van der Waals surface area contributed by atoms with Crippen molar-refractivity contribution < 1.29 is 0 Å². The fourth-order valence-electron chi connectivity index (χ4n) is 6.18. The zero-order chi connectivity index (χ0) is 31.4. The third-order valence-corrected chi connectivity index (χ3v) is 9.83. The van der Waals surface area contributed by atoms with Crippen LogP contribution in [0.3, 0.4) is 0 Å². The molecule has 0 atom stereocenters. The highest BCUT2D eigenvalue weighted by atomic mass is 32.1. The van der Waals surface area contributed by atoms with Crippen molar-refractivity contribution in [2.24, 2.45) is 0 Å². The molecule has 0 amide bonds. The average molecular weight is 617 g/mol. The molecule has 0 bridgehead atoms. The first-order valence-corrected chi connectivity index (χ1v) is 16.8. The summed E-state index contributed by atoms with van der Waals surface area (Å²) in [6.45, 7) is 0. The molecule has 47 heavy (non-hydrogen) atoms. The maximum Gasteiger partial charge on any atom is 0.0349 e. The fraction of sp³-hybridized carbons (Fsp3) is 0. The van der Waals surface area contributed by atoms with Crippen molar-refractivity contribution in [3.63, 3.8) is 0 Å². The minimum Gasteiger partial charge on any atom is -0.135 e.